The number of benzene rings is 2. The van der Waals surface area contributed by atoms with Gasteiger partial charge in [-0.15, -0.1) is 5.10 Å². The number of aromatic amines is 1. The van der Waals surface area contributed by atoms with Crippen molar-refractivity contribution in [1.29, 1.82) is 0 Å². The number of H-pyrrole nitrogens is 1. The Balaban J connectivity index is 2.00. The van der Waals surface area contributed by atoms with E-state index >= 15 is 0 Å². The topological polar surface area (TPSA) is 51.4 Å². The largest absolute Gasteiger partial charge is 0.331 e. The molecule has 0 aliphatic heterocycles. The molecule has 0 unspecified atom stereocenters. The van der Waals surface area contributed by atoms with Crippen LogP contribution in [0.2, 0.25) is 0 Å². The molecule has 2 heterocycles. The number of rotatable bonds is 2. The number of imidazole rings is 1. The second-order valence-corrected chi connectivity index (χ2v) is 5.97. The maximum Gasteiger partial charge on any atom is 0.178 e. The maximum atomic E-state index is 5.42. The monoisotopic (exact) mass is 309 g/mol. The number of nitrogens with one attached hydrogen (secondary N) is 1. The molecule has 6 heteroatoms. The Bertz CT molecular complexity index is 1040. The predicted molar refractivity (Wildman–Crippen MR) is 89.9 cm³/mol. The van der Waals surface area contributed by atoms with E-state index in [2.05, 4.69) is 39.8 Å². The second-order valence-electron chi connectivity index (χ2n) is 5.59. The minimum absolute atomic E-state index is 0.295. The van der Waals surface area contributed by atoms with Gasteiger partial charge in [-0.05, 0) is 56.4 Å². The molecule has 4 rings (SSSR count). The first-order chi connectivity index (χ1) is 10.6. The highest BCUT2D eigenvalue weighted by Crippen LogP contribution is 2.23. The molecule has 4 aromatic rings. The minimum atomic E-state index is 0.295. The molecular formula is C16H15N5S. The molecule has 5 nitrogen and oxygen atoms in total. The van der Waals surface area contributed by atoms with Crippen molar-refractivity contribution >= 4 is 34.3 Å². The van der Waals surface area contributed by atoms with E-state index in [0.717, 1.165) is 32.5 Å². The highest BCUT2D eigenvalue weighted by molar-refractivity contribution is 7.71. The summed E-state index contributed by atoms with van der Waals surface area (Å²) in [5, 5.41) is 8.49. The molecule has 0 saturated heterocycles. The molecule has 0 atom stereocenters. The first kappa shape index (κ1) is 13.2. The fourth-order valence-corrected chi connectivity index (χ4v) is 3.23. The van der Waals surface area contributed by atoms with E-state index in [1.807, 2.05) is 41.1 Å². The van der Waals surface area contributed by atoms with Crippen molar-refractivity contribution in [2.24, 2.45) is 0 Å². The Morgan fingerprint density at radius 2 is 1.91 bits per heavy atom. The van der Waals surface area contributed by atoms with E-state index < -0.39 is 0 Å². The van der Waals surface area contributed by atoms with Crippen LogP contribution in [-0.4, -0.2) is 24.5 Å². The molecule has 2 aromatic heterocycles. The van der Waals surface area contributed by atoms with Gasteiger partial charge in [0.25, 0.3) is 0 Å². The highest BCUT2D eigenvalue weighted by Gasteiger charge is 2.11. The highest BCUT2D eigenvalue weighted by atomic mass is 32.1. The van der Waals surface area contributed by atoms with E-state index in [9.17, 15) is 0 Å². The summed E-state index contributed by atoms with van der Waals surface area (Å²) in [4.78, 5) is 3.25. The average molecular weight is 309 g/mol. The summed E-state index contributed by atoms with van der Waals surface area (Å²) in [5.74, 6) is 0. The molecule has 0 aliphatic carbocycles. The van der Waals surface area contributed by atoms with Crippen LogP contribution in [0.1, 0.15) is 19.9 Å². The molecule has 22 heavy (non-hydrogen) atoms. The lowest BCUT2D eigenvalue weighted by Crippen LogP contribution is -2.01. The molecule has 110 valence electrons. The number of hydrogen-bond acceptors (Lipinski definition) is 3. The van der Waals surface area contributed by atoms with Gasteiger partial charge in [0.1, 0.15) is 5.52 Å². The first-order valence-corrected chi connectivity index (χ1v) is 7.61. The van der Waals surface area contributed by atoms with Gasteiger partial charge >= 0.3 is 0 Å². The third-order valence-electron chi connectivity index (χ3n) is 3.81. The van der Waals surface area contributed by atoms with E-state index in [1.165, 1.54) is 0 Å². The van der Waals surface area contributed by atoms with Crippen molar-refractivity contribution in [3.05, 3.63) is 47.2 Å². The lowest BCUT2D eigenvalue weighted by atomic mass is 10.2. The van der Waals surface area contributed by atoms with Crippen LogP contribution in [0.3, 0.4) is 0 Å². The number of aromatic nitrogens is 5. The molecule has 0 aliphatic rings. The summed E-state index contributed by atoms with van der Waals surface area (Å²) in [7, 11) is 0. The summed E-state index contributed by atoms with van der Waals surface area (Å²) in [5.41, 5.74) is 4.97. The first-order valence-electron chi connectivity index (χ1n) is 7.20. The van der Waals surface area contributed by atoms with Crippen LogP contribution in [0.4, 0.5) is 0 Å². The van der Waals surface area contributed by atoms with E-state index in [0.29, 0.717) is 6.04 Å². The third kappa shape index (κ3) is 1.88. The van der Waals surface area contributed by atoms with Gasteiger partial charge in [0, 0.05) is 6.04 Å². The SMILES string of the molecule is CC(C)n1c(=S)[nH]c2ccc(-n3nnc4ccccc43)cc21. The Labute approximate surface area is 132 Å². The van der Waals surface area contributed by atoms with Crippen molar-refractivity contribution in [2.45, 2.75) is 19.9 Å². The van der Waals surface area contributed by atoms with Crippen LogP contribution < -0.4 is 0 Å². The Kier molecular flexibility index (Phi) is 2.87. The average Bonchev–Trinajstić information content (AvgIpc) is 3.06. The fraction of sp³-hybridized carbons (Fsp3) is 0.188. The van der Waals surface area contributed by atoms with Crippen molar-refractivity contribution in [2.75, 3.05) is 0 Å². The van der Waals surface area contributed by atoms with Gasteiger partial charge in [0.15, 0.2) is 4.77 Å². The van der Waals surface area contributed by atoms with E-state index in [1.54, 1.807) is 0 Å². The zero-order valence-corrected chi connectivity index (χ0v) is 13.1. The third-order valence-corrected chi connectivity index (χ3v) is 4.11. The molecular weight excluding hydrogens is 294 g/mol. The summed E-state index contributed by atoms with van der Waals surface area (Å²) >= 11 is 5.42. The summed E-state index contributed by atoms with van der Waals surface area (Å²) in [6, 6.07) is 14.4. The fourth-order valence-electron chi connectivity index (χ4n) is 2.81. The van der Waals surface area contributed by atoms with Crippen LogP contribution in [0.25, 0.3) is 27.8 Å². The van der Waals surface area contributed by atoms with Crippen LogP contribution >= 0.6 is 12.2 Å². The number of nitrogens with zero attached hydrogens (tertiary/aromatic N) is 4. The van der Waals surface area contributed by atoms with Gasteiger partial charge < -0.3 is 9.55 Å². The summed E-state index contributed by atoms with van der Waals surface area (Å²) in [6.45, 7) is 4.25. The van der Waals surface area contributed by atoms with Gasteiger partial charge in [0.2, 0.25) is 0 Å². The number of hydrogen-bond donors (Lipinski definition) is 1. The minimum Gasteiger partial charge on any atom is -0.331 e. The summed E-state index contributed by atoms with van der Waals surface area (Å²) < 4.78 is 4.72. The molecule has 0 fully saturated rings. The second kappa shape index (κ2) is 4.78. The van der Waals surface area contributed by atoms with E-state index in [4.69, 9.17) is 12.2 Å². The molecule has 0 amide bonds. The lowest BCUT2D eigenvalue weighted by molar-refractivity contribution is 0.610. The lowest BCUT2D eigenvalue weighted by Gasteiger charge is -2.09. The van der Waals surface area contributed by atoms with Gasteiger partial charge in [-0.2, -0.15) is 0 Å². The van der Waals surface area contributed by atoms with Crippen LogP contribution in [0.5, 0.6) is 0 Å². The van der Waals surface area contributed by atoms with Crippen LogP contribution in [0, 0.1) is 4.77 Å². The van der Waals surface area contributed by atoms with Crippen molar-refractivity contribution in [1.82, 2.24) is 24.5 Å². The number of fused-ring (bicyclic) bond motifs is 2. The molecule has 0 radical (unpaired) electrons. The molecule has 0 saturated carbocycles. The smallest absolute Gasteiger partial charge is 0.178 e. The Morgan fingerprint density at radius 1 is 1.09 bits per heavy atom. The number of para-hydroxylation sites is 1. The van der Waals surface area contributed by atoms with Crippen LogP contribution in [0.15, 0.2) is 42.5 Å². The molecule has 0 bridgehead atoms. The van der Waals surface area contributed by atoms with Crippen LogP contribution in [-0.2, 0) is 0 Å². The van der Waals surface area contributed by atoms with Crippen molar-refractivity contribution in [3.8, 4) is 5.69 Å². The van der Waals surface area contributed by atoms with Gasteiger partial charge in [-0.1, -0.05) is 17.3 Å². The molecule has 1 N–H and O–H groups in total. The predicted octanol–water partition coefficient (Wildman–Crippen LogP) is 4.01. The Hall–Kier alpha value is -2.47. The quantitative estimate of drug-likeness (QED) is 0.569. The molecule has 2 aromatic carbocycles. The summed E-state index contributed by atoms with van der Waals surface area (Å²) in [6.07, 6.45) is 0. The van der Waals surface area contributed by atoms with Crippen molar-refractivity contribution < 1.29 is 0 Å². The Morgan fingerprint density at radius 3 is 2.73 bits per heavy atom. The van der Waals surface area contributed by atoms with Gasteiger partial charge in [0.05, 0.1) is 22.2 Å². The zero-order chi connectivity index (χ0) is 15.3. The standard InChI is InChI=1S/C16H15N5S/c1-10(2)20-15-9-11(7-8-12(15)17-16(20)22)21-14-6-4-3-5-13(14)18-19-21/h3-10H,1-2H3,(H,17,22). The normalized spacial score (nSPS) is 11.8. The van der Waals surface area contributed by atoms with Crippen molar-refractivity contribution in [3.63, 3.8) is 0 Å². The van der Waals surface area contributed by atoms with Gasteiger partial charge in [-0.3, -0.25) is 0 Å². The maximum absolute atomic E-state index is 5.42. The molecule has 0 spiro atoms. The van der Waals surface area contributed by atoms with Gasteiger partial charge in [-0.25, -0.2) is 4.68 Å². The van der Waals surface area contributed by atoms with E-state index in [-0.39, 0.29) is 0 Å². The zero-order valence-electron chi connectivity index (χ0n) is 12.3.